The van der Waals surface area contributed by atoms with Crippen LogP contribution >= 0.6 is 22.7 Å². The summed E-state index contributed by atoms with van der Waals surface area (Å²) in [6.45, 7) is 3.57. The predicted molar refractivity (Wildman–Crippen MR) is 113 cm³/mol. The molecule has 1 aliphatic heterocycles. The third-order valence-electron chi connectivity index (χ3n) is 5.41. The van der Waals surface area contributed by atoms with Crippen LogP contribution in [0.2, 0.25) is 0 Å². The highest BCUT2D eigenvalue weighted by Crippen LogP contribution is 2.28. The van der Waals surface area contributed by atoms with Gasteiger partial charge in [-0.25, -0.2) is 9.97 Å². The van der Waals surface area contributed by atoms with Crippen molar-refractivity contribution in [2.75, 3.05) is 13.1 Å². The molecule has 6 nitrogen and oxygen atoms in total. The third-order valence-corrected chi connectivity index (χ3v) is 7.13. The van der Waals surface area contributed by atoms with Gasteiger partial charge in [0.15, 0.2) is 0 Å². The van der Waals surface area contributed by atoms with Crippen LogP contribution in [0.5, 0.6) is 0 Å². The maximum absolute atomic E-state index is 12.5. The molecular formula is C20H21N5OS2. The summed E-state index contributed by atoms with van der Waals surface area (Å²) in [5, 5.41) is 3.22. The molecule has 5 rings (SSSR count). The Morgan fingerprint density at radius 2 is 1.96 bits per heavy atom. The number of imidazole rings is 1. The van der Waals surface area contributed by atoms with Crippen LogP contribution < -0.4 is 4.87 Å². The molecule has 0 amide bonds. The van der Waals surface area contributed by atoms with Crippen molar-refractivity contribution >= 4 is 32.9 Å². The molecule has 0 aliphatic carbocycles. The molecule has 4 heterocycles. The summed E-state index contributed by atoms with van der Waals surface area (Å²) < 4.78 is 5.02. The van der Waals surface area contributed by atoms with Gasteiger partial charge in [0.1, 0.15) is 17.5 Å². The number of rotatable bonds is 5. The van der Waals surface area contributed by atoms with Crippen molar-refractivity contribution in [2.24, 2.45) is 0 Å². The van der Waals surface area contributed by atoms with Gasteiger partial charge < -0.3 is 4.57 Å². The molecule has 1 aromatic carbocycles. The average molecular weight is 412 g/mol. The van der Waals surface area contributed by atoms with Gasteiger partial charge in [-0.05, 0) is 38.1 Å². The molecule has 0 bridgehead atoms. The van der Waals surface area contributed by atoms with E-state index in [-0.39, 0.29) is 4.87 Å². The number of benzene rings is 1. The zero-order valence-corrected chi connectivity index (χ0v) is 17.0. The molecule has 0 unspecified atom stereocenters. The van der Waals surface area contributed by atoms with Crippen LogP contribution in [0.3, 0.4) is 0 Å². The van der Waals surface area contributed by atoms with Crippen molar-refractivity contribution in [3.8, 4) is 0 Å². The van der Waals surface area contributed by atoms with Crippen LogP contribution in [0.1, 0.15) is 29.6 Å². The first-order valence-electron chi connectivity index (χ1n) is 9.48. The Kier molecular flexibility index (Phi) is 4.84. The Labute approximate surface area is 170 Å². The van der Waals surface area contributed by atoms with Gasteiger partial charge in [0.2, 0.25) is 0 Å². The number of likely N-dealkylation sites (tertiary alicyclic amines) is 1. The highest BCUT2D eigenvalue weighted by molar-refractivity contribution is 7.16. The molecule has 1 fully saturated rings. The van der Waals surface area contributed by atoms with Crippen molar-refractivity contribution in [3.05, 3.63) is 68.7 Å². The van der Waals surface area contributed by atoms with Crippen molar-refractivity contribution in [1.29, 1.82) is 0 Å². The molecule has 0 spiro atoms. The minimum Gasteiger partial charge on any atom is -0.316 e. The summed E-state index contributed by atoms with van der Waals surface area (Å²) in [5.74, 6) is 1.53. The van der Waals surface area contributed by atoms with E-state index in [0.29, 0.717) is 12.6 Å². The summed E-state index contributed by atoms with van der Waals surface area (Å²) in [4.78, 5) is 24.1. The fraction of sp³-hybridized carbons (Fsp3) is 0.350. The molecule has 3 aromatic heterocycles. The van der Waals surface area contributed by atoms with E-state index < -0.39 is 0 Å². The molecule has 0 N–H and O–H groups in total. The Hall–Kier alpha value is -2.29. The molecule has 4 aromatic rings. The Morgan fingerprint density at radius 3 is 2.79 bits per heavy atom. The molecule has 0 atom stereocenters. The zero-order valence-electron chi connectivity index (χ0n) is 15.4. The van der Waals surface area contributed by atoms with Crippen molar-refractivity contribution in [3.63, 3.8) is 0 Å². The highest BCUT2D eigenvalue weighted by Gasteiger charge is 2.24. The second-order valence-electron chi connectivity index (χ2n) is 7.14. The third kappa shape index (κ3) is 3.43. The quantitative estimate of drug-likeness (QED) is 0.504. The number of nitrogens with zero attached hydrogens (tertiary/aromatic N) is 5. The number of aromatic nitrogens is 4. The van der Waals surface area contributed by atoms with Gasteiger partial charge >= 0.3 is 4.87 Å². The largest absolute Gasteiger partial charge is 0.316 e. The van der Waals surface area contributed by atoms with Gasteiger partial charge in [-0.2, -0.15) is 0 Å². The Balaban J connectivity index is 1.31. The number of hydrogen-bond donors (Lipinski definition) is 0. The van der Waals surface area contributed by atoms with E-state index in [4.69, 9.17) is 0 Å². The van der Waals surface area contributed by atoms with Crippen LogP contribution in [-0.4, -0.2) is 37.1 Å². The van der Waals surface area contributed by atoms with Crippen molar-refractivity contribution in [2.45, 2.75) is 32.0 Å². The molecule has 0 saturated carbocycles. The molecule has 28 heavy (non-hydrogen) atoms. The second kappa shape index (κ2) is 7.62. The van der Waals surface area contributed by atoms with E-state index in [9.17, 15) is 4.79 Å². The number of piperidine rings is 1. The highest BCUT2D eigenvalue weighted by atomic mass is 32.1. The summed E-state index contributed by atoms with van der Waals surface area (Å²) in [6, 6.07) is 7.98. The van der Waals surface area contributed by atoms with Crippen LogP contribution in [0.15, 0.2) is 53.0 Å². The zero-order chi connectivity index (χ0) is 18.9. The standard InChI is InChI=1S/C20H21N5OS2/c26-20-25(16-3-1-2-4-17(16)28-20)14-24-11-7-22-19(24)15-5-9-23(10-6-15)13-18-21-8-12-27-18/h1-4,7-8,11-12,15H,5-6,9-10,13-14H2. The maximum Gasteiger partial charge on any atom is 0.309 e. The summed E-state index contributed by atoms with van der Waals surface area (Å²) in [7, 11) is 0. The van der Waals surface area contributed by atoms with Gasteiger partial charge in [0, 0.05) is 29.9 Å². The van der Waals surface area contributed by atoms with Gasteiger partial charge in [0.05, 0.1) is 16.8 Å². The van der Waals surface area contributed by atoms with Crippen LogP contribution in [-0.2, 0) is 13.2 Å². The summed E-state index contributed by atoms with van der Waals surface area (Å²) in [6.07, 6.45) is 7.90. The smallest absolute Gasteiger partial charge is 0.309 e. The number of thiazole rings is 2. The van der Waals surface area contributed by atoms with E-state index in [1.54, 1.807) is 11.3 Å². The van der Waals surface area contributed by atoms with E-state index in [0.717, 1.165) is 48.5 Å². The van der Waals surface area contributed by atoms with E-state index >= 15 is 0 Å². The first-order valence-corrected chi connectivity index (χ1v) is 11.2. The van der Waals surface area contributed by atoms with Gasteiger partial charge in [-0.15, -0.1) is 11.3 Å². The summed E-state index contributed by atoms with van der Waals surface area (Å²) >= 11 is 3.03. The lowest BCUT2D eigenvalue weighted by Gasteiger charge is -2.31. The normalized spacial score (nSPS) is 16.1. The van der Waals surface area contributed by atoms with Gasteiger partial charge in [-0.1, -0.05) is 23.5 Å². The van der Waals surface area contributed by atoms with Crippen LogP contribution in [0.4, 0.5) is 0 Å². The fourth-order valence-corrected chi connectivity index (χ4v) is 5.51. The minimum absolute atomic E-state index is 0.0825. The van der Waals surface area contributed by atoms with E-state index in [2.05, 4.69) is 19.4 Å². The van der Waals surface area contributed by atoms with E-state index in [1.165, 1.54) is 16.3 Å². The molecule has 8 heteroatoms. The number of para-hydroxylation sites is 1. The molecule has 0 radical (unpaired) electrons. The average Bonchev–Trinajstić information content (AvgIpc) is 3.45. The van der Waals surface area contributed by atoms with Gasteiger partial charge in [-0.3, -0.25) is 14.3 Å². The molecular weight excluding hydrogens is 390 g/mol. The maximum atomic E-state index is 12.5. The lowest BCUT2D eigenvalue weighted by molar-refractivity contribution is 0.199. The van der Waals surface area contributed by atoms with Crippen LogP contribution in [0, 0.1) is 0 Å². The van der Waals surface area contributed by atoms with E-state index in [1.807, 2.05) is 52.8 Å². The minimum atomic E-state index is 0.0825. The number of fused-ring (bicyclic) bond motifs is 1. The SMILES string of the molecule is O=c1sc2ccccc2n1Cn1ccnc1C1CCN(Cc2nccs2)CC1. The Bertz CT molecular complexity index is 1120. The number of hydrogen-bond acceptors (Lipinski definition) is 6. The predicted octanol–water partition coefficient (Wildman–Crippen LogP) is 3.60. The Morgan fingerprint density at radius 1 is 1.11 bits per heavy atom. The summed E-state index contributed by atoms with van der Waals surface area (Å²) in [5.41, 5.74) is 0.996. The topological polar surface area (TPSA) is 56.0 Å². The molecule has 1 saturated heterocycles. The van der Waals surface area contributed by atoms with Crippen molar-refractivity contribution < 1.29 is 0 Å². The van der Waals surface area contributed by atoms with Crippen molar-refractivity contribution in [1.82, 2.24) is 24.0 Å². The lowest BCUT2D eigenvalue weighted by atomic mass is 9.96. The first-order chi connectivity index (χ1) is 13.8. The lowest BCUT2D eigenvalue weighted by Crippen LogP contribution is -2.33. The van der Waals surface area contributed by atoms with Crippen LogP contribution in [0.25, 0.3) is 10.2 Å². The fourth-order valence-electron chi connectivity index (χ4n) is 3.97. The first kappa shape index (κ1) is 17.8. The van der Waals surface area contributed by atoms with Gasteiger partial charge in [0.25, 0.3) is 0 Å². The molecule has 1 aliphatic rings. The molecule has 144 valence electrons. The monoisotopic (exact) mass is 411 g/mol. The second-order valence-corrected chi connectivity index (χ2v) is 9.11.